The van der Waals surface area contributed by atoms with Gasteiger partial charge in [-0.25, -0.2) is 13.8 Å². The first-order valence-electron chi connectivity index (χ1n) is 10.00. The lowest BCUT2D eigenvalue weighted by molar-refractivity contribution is -0.131. The van der Waals surface area contributed by atoms with E-state index in [4.69, 9.17) is 9.72 Å². The van der Waals surface area contributed by atoms with Crippen LogP contribution in [0.3, 0.4) is 0 Å². The molecule has 160 valence electrons. The third-order valence-electron chi connectivity index (χ3n) is 5.56. The summed E-state index contributed by atoms with van der Waals surface area (Å²) in [5.74, 6) is -1.81. The smallest absolute Gasteiger partial charge is 0.282 e. The molecule has 2 aliphatic rings. The van der Waals surface area contributed by atoms with Crippen molar-refractivity contribution in [2.45, 2.75) is 25.9 Å². The van der Waals surface area contributed by atoms with Gasteiger partial charge >= 0.3 is 0 Å². The molecule has 0 saturated carbocycles. The molecule has 2 aliphatic heterocycles. The van der Waals surface area contributed by atoms with Gasteiger partial charge in [0.2, 0.25) is 5.91 Å². The average Bonchev–Trinajstić information content (AvgIpc) is 3.25. The van der Waals surface area contributed by atoms with Gasteiger partial charge in [0, 0.05) is 24.8 Å². The van der Waals surface area contributed by atoms with Gasteiger partial charge < -0.3 is 19.3 Å². The standard InChI is InChI=1S/C22H20F2N4O3/c23-15-7-8-17-21(20(15)24)28(22(30)31-17)13-19(29)27-10-4-9-26-11-16(25-18(26)12-27)14-5-2-1-3-6-14/h1-3,5-8,11,22,30H,4,9-10,12-13H2. The Balaban J connectivity index is 1.36. The van der Waals surface area contributed by atoms with Crippen LogP contribution in [0, 0.1) is 11.6 Å². The molecule has 1 unspecified atom stereocenters. The highest BCUT2D eigenvalue weighted by molar-refractivity contribution is 5.83. The van der Waals surface area contributed by atoms with Crippen molar-refractivity contribution in [1.29, 1.82) is 0 Å². The molecule has 1 atom stereocenters. The predicted octanol–water partition coefficient (Wildman–Crippen LogP) is 2.74. The van der Waals surface area contributed by atoms with Crippen molar-refractivity contribution in [2.75, 3.05) is 18.0 Å². The number of rotatable bonds is 3. The molecule has 3 heterocycles. The van der Waals surface area contributed by atoms with Crippen LogP contribution < -0.4 is 9.64 Å². The fraction of sp³-hybridized carbons (Fsp3) is 0.273. The van der Waals surface area contributed by atoms with Crippen molar-refractivity contribution in [3.63, 3.8) is 0 Å². The molecule has 1 N–H and O–H groups in total. The summed E-state index contributed by atoms with van der Waals surface area (Å²) in [4.78, 5) is 20.3. The molecule has 0 bridgehead atoms. The lowest BCUT2D eigenvalue weighted by Gasteiger charge is -2.25. The summed E-state index contributed by atoms with van der Waals surface area (Å²) in [6.07, 6.45) is 1.14. The minimum absolute atomic E-state index is 0.00175. The van der Waals surface area contributed by atoms with E-state index in [-0.39, 0.29) is 30.4 Å². The quantitative estimate of drug-likeness (QED) is 0.698. The first-order chi connectivity index (χ1) is 15.0. The monoisotopic (exact) mass is 426 g/mol. The summed E-state index contributed by atoms with van der Waals surface area (Å²) < 4.78 is 35.2. The van der Waals surface area contributed by atoms with E-state index in [2.05, 4.69) is 0 Å². The molecule has 2 aromatic carbocycles. The Bertz CT molecular complexity index is 1140. The van der Waals surface area contributed by atoms with Crippen LogP contribution in [0.4, 0.5) is 14.5 Å². The highest BCUT2D eigenvalue weighted by Gasteiger charge is 2.36. The van der Waals surface area contributed by atoms with Crippen LogP contribution in [-0.4, -0.2) is 45.0 Å². The topological polar surface area (TPSA) is 70.8 Å². The number of aromatic nitrogens is 2. The molecule has 0 saturated heterocycles. The Morgan fingerprint density at radius 1 is 1.16 bits per heavy atom. The number of benzene rings is 2. The van der Waals surface area contributed by atoms with Gasteiger partial charge in [0.05, 0.1) is 12.2 Å². The Morgan fingerprint density at radius 3 is 2.77 bits per heavy atom. The van der Waals surface area contributed by atoms with Crippen molar-refractivity contribution in [1.82, 2.24) is 14.5 Å². The normalized spacial score (nSPS) is 17.7. The van der Waals surface area contributed by atoms with Crippen LogP contribution in [0.1, 0.15) is 12.2 Å². The second kappa shape index (κ2) is 7.66. The molecule has 5 rings (SSSR count). The van der Waals surface area contributed by atoms with Crippen LogP contribution >= 0.6 is 0 Å². The van der Waals surface area contributed by atoms with Crippen LogP contribution in [0.15, 0.2) is 48.7 Å². The summed E-state index contributed by atoms with van der Waals surface area (Å²) in [5, 5.41) is 10.1. The minimum Gasteiger partial charge on any atom is -0.444 e. The number of ether oxygens (including phenoxy) is 1. The Hall–Kier alpha value is -3.46. The Morgan fingerprint density at radius 2 is 1.97 bits per heavy atom. The van der Waals surface area contributed by atoms with E-state index < -0.39 is 18.0 Å². The van der Waals surface area contributed by atoms with Gasteiger partial charge in [-0.3, -0.25) is 9.69 Å². The number of carbonyl (C=O) groups is 1. The summed E-state index contributed by atoms with van der Waals surface area (Å²) in [6.45, 7) is 1.15. The summed E-state index contributed by atoms with van der Waals surface area (Å²) >= 11 is 0. The number of amides is 1. The molecule has 1 amide bonds. The van der Waals surface area contributed by atoms with Crippen molar-refractivity contribution in [2.24, 2.45) is 0 Å². The molecular weight excluding hydrogens is 406 g/mol. The lowest BCUT2D eigenvalue weighted by Crippen LogP contribution is -2.44. The van der Waals surface area contributed by atoms with Crippen molar-refractivity contribution < 1.29 is 23.4 Å². The number of carbonyl (C=O) groups excluding carboxylic acids is 1. The number of halogens is 2. The fourth-order valence-electron chi connectivity index (χ4n) is 3.99. The molecule has 9 heteroatoms. The molecule has 31 heavy (non-hydrogen) atoms. The lowest BCUT2D eigenvalue weighted by atomic mass is 10.2. The van der Waals surface area contributed by atoms with Gasteiger partial charge in [-0.2, -0.15) is 0 Å². The third-order valence-corrected chi connectivity index (χ3v) is 5.56. The molecule has 3 aromatic rings. The summed E-state index contributed by atoms with van der Waals surface area (Å²) in [7, 11) is 0. The molecule has 0 aliphatic carbocycles. The maximum atomic E-state index is 14.3. The van der Waals surface area contributed by atoms with E-state index in [9.17, 15) is 18.7 Å². The number of fused-ring (bicyclic) bond motifs is 2. The maximum absolute atomic E-state index is 14.3. The number of hydrogen-bond acceptors (Lipinski definition) is 5. The Kier molecular flexibility index (Phi) is 4.82. The highest BCUT2D eigenvalue weighted by atomic mass is 19.2. The van der Waals surface area contributed by atoms with E-state index >= 15 is 0 Å². The molecule has 7 nitrogen and oxygen atoms in total. The number of aryl methyl sites for hydroxylation is 1. The van der Waals surface area contributed by atoms with E-state index in [1.807, 2.05) is 41.1 Å². The largest absolute Gasteiger partial charge is 0.444 e. The van der Waals surface area contributed by atoms with E-state index in [1.54, 1.807) is 4.90 Å². The zero-order valence-corrected chi connectivity index (χ0v) is 16.5. The van der Waals surface area contributed by atoms with Crippen LogP contribution in [-0.2, 0) is 17.9 Å². The van der Waals surface area contributed by atoms with Gasteiger partial charge in [-0.05, 0) is 18.6 Å². The number of imidazole rings is 1. The number of aliphatic hydroxyl groups is 1. The van der Waals surface area contributed by atoms with Gasteiger partial charge in [-0.15, -0.1) is 0 Å². The molecule has 0 fully saturated rings. The maximum Gasteiger partial charge on any atom is 0.282 e. The third kappa shape index (κ3) is 3.50. The first-order valence-corrected chi connectivity index (χ1v) is 10.00. The van der Waals surface area contributed by atoms with E-state index in [0.717, 1.165) is 41.0 Å². The molecule has 1 aromatic heterocycles. The van der Waals surface area contributed by atoms with Crippen LogP contribution in [0.5, 0.6) is 5.75 Å². The van der Waals surface area contributed by atoms with Crippen molar-refractivity contribution in [3.05, 3.63) is 66.1 Å². The van der Waals surface area contributed by atoms with Crippen molar-refractivity contribution in [3.8, 4) is 17.0 Å². The van der Waals surface area contributed by atoms with Gasteiger partial charge in [0.15, 0.2) is 17.4 Å². The minimum atomic E-state index is -1.56. The van der Waals surface area contributed by atoms with Gasteiger partial charge in [0.25, 0.3) is 6.41 Å². The zero-order valence-electron chi connectivity index (χ0n) is 16.5. The number of hydrogen-bond donors (Lipinski definition) is 1. The summed E-state index contributed by atoms with van der Waals surface area (Å²) in [5.41, 5.74) is 1.58. The fourth-order valence-corrected chi connectivity index (χ4v) is 3.99. The number of aliphatic hydroxyl groups excluding tert-OH is 1. The van der Waals surface area contributed by atoms with Crippen molar-refractivity contribution >= 4 is 11.6 Å². The van der Waals surface area contributed by atoms with Crippen LogP contribution in [0.2, 0.25) is 0 Å². The van der Waals surface area contributed by atoms with E-state index in [0.29, 0.717) is 6.54 Å². The average molecular weight is 426 g/mol. The predicted molar refractivity (Wildman–Crippen MR) is 108 cm³/mol. The number of anilines is 1. The number of nitrogens with zero attached hydrogens (tertiary/aromatic N) is 4. The second-order valence-electron chi connectivity index (χ2n) is 7.55. The SMILES string of the molecule is O=C(CN1c2c(ccc(F)c2F)OC1O)N1CCCn2cc(-c3ccccc3)nc2C1. The summed E-state index contributed by atoms with van der Waals surface area (Å²) in [6, 6.07) is 11.9. The zero-order chi connectivity index (χ0) is 21.5. The molecule has 0 spiro atoms. The highest BCUT2D eigenvalue weighted by Crippen LogP contribution is 2.39. The first kappa shape index (κ1) is 19.5. The second-order valence-corrected chi connectivity index (χ2v) is 7.55. The van der Waals surface area contributed by atoms with Gasteiger partial charge in [-0.1, -0.05) is 30.3 Å². The molecular formula is C22H20F2N4O3. The van der Waals surface area contributed by atoms with E-state index in [1.165, 1.54) is 6.07 Å². The van der Waals surface area contributed by atoms with Crippen LogP contribution in [0.25, 0.3) is 11.3 Å². The Labute approximate surface area is 177 Å². The van der Waals surface area contributed by atoms with Gasteiger partial charge in [0.1, 0.15) is 18.1 Å². The molecule has 0 radical (unpaired) electrons.